The second-order valence-corrected chi connectivity index (χ2v) is 4.87. The molecule has 19 heavy (non-hydrogen) atoms. The van der Waals surface area contributed by atoms with E-state index in [0.717, 1.165) is 45.0 Å². The molecule has 6 nitrogen and oxygen atoms in total. The van der Waals surface area contributed by atoms with Gasteiger partial charge in [-0.1, -0.05) is 0 Å². The molecule has 0 bridgehead atoms. The molecule has 2 heterocycles. The molecule has 1 aliphatic rings. The second kappa shape index (κ2) is 6.49. The maximum atomic E-state index is 11.0. The third-order valence-electron chi connectivity index (χ3n) is 3.37. The lowest BCUT2D eigenvalue weighted by Gasteiger charge is -2.32. The minimum atomic E-state index is -0.497. The number of carbonyl (C=O) groups excluding carboxylic acids is 1. The molecule has 2 rings (SSSR count). The van der Waals surface area contributed by atoms with Gasteiger partial charge < -0.3 is 16.0 Å². The number of nitrogens with one attached hydrogen (secondary N) is 1. The van der Waals surface area contributed by atoms with E-state index >= 15 is 0 Å². The summed E-state index contributed by atoms with van der Waals surface area (Å²) in [5, 5.41) is 3.30. The van der Waals surface area contributed by atoms with Crippen molar-refractivity contribution >= 4 is 11.6 Å². The van der Waals surface area contributed by atoms with E-state index in [0.29, 0.717) is 5.69 Å². The van der Waals surface area contributed by atoms with Crippen LogP contribution in [0.25, 0.3) is 0 Å². The molecule has 1 aliphatic heterocycles. The highest BCUT2D eigenvalue weighted by molar-refractivity contribution is 5.91. The number of pyridine rings is 1. The number of piperazine rings is 1. The molecule has 104 valence electrons. The fourth-order valence-corrected chi connectivity index (χ4v) is 2.11. The Labute approximate surface area is 113 Å². The molecule has 0 unspecified atom stereocenters. The highest BCUT2D eigenvalue weighted by atomic mass is 16.1. The molecule has 0 atom stereocenters. The summed E-state index contributed by atoms with van der Waals surface area (Å²) in [6.45, 7) is 6.33. The Morgan fingerprint density at radius 2 is 2.16 bits per heavy atom. The number of likely N-dealkylation sites (N-methyl/N-ethyl adjacent to an activating group) is 1. The number of rotatable bonds is 5. The second-order valence-electron chi connectivity index (χ2n) is 4.87. The van der Waals surface area contributed by atoms with Crippen LogP contribution >= 0.6 is 0 Å². The first-order valence-electron chi connectivity index (χ1n) is 6.56. The van der Waals surface area contributed by atoms with E-state index in [1.165, 1.54) is 0 Å². The number of aromatic nitrogens is 1. The van der Waals surface area contributed by atoms with Gasteiger partial charge in [0.15, 0.2) is 0 Å². The van der Waals surface area contributed by atoms with E-state index in [1.807, 2.05) is 6.07 Å². The van der Waals surface area contributed by atoms with Crippen molar-refractivity contribution in [3.8, 4) is 0 Å². The van der Waals surface area contributed by atoms with E-state index in [4.69, 9.17) is 5.73 Å². The Morgan fingerprint density at radius 3 is 2.84 bits per heavy atom. The predicted molar refractivity (Wildman–Crippen MR) is 75.2 cm³/mol. The standard InChI is InChI=1S/C13H21N5O/c1-17-6-8-18(9-7-17)5-4-15-11-2-3-16-12(10-11)13(14)19/h2-3,10H,4-9H2,1H3,(H2,14,19)(H,15,16). The van der Waals surface area contributed by atoms with Crippen LogP contribution in [0.1, 0.15) is 10.5 Å². The van der Waals surface area contributed by atoms with Crippen LogP contribution in [0.2, 0.25) is 0 Å². The topological polar surface area (TPSA) is 74.5 Å². The Kier molecular flexibility index (Phi) is 4.70. The van der Waals surface area contributed by atoms with Crippen molar-refractivity contribution in [1.82, 2.24) is 14.8 Å². The average molecular weight is 263 g/mol. The molecule has 1 fully saturated rings. The van der Waals surface area contributed by atoms with Gasteiger partial charge in [-0.25, -0.2) is 0 Å². The zero-order chi connectivity index (χ0) is 13.7. The molecule has 1 aromatic heterocycles. The molecule has 1 aromatic rings. The van der Waals surface area contributed by atoms with Gasteiger partial charge in [-0.05, 0) is 19.2 Å². The summed E-state index contributed by atoms with van der Waals surface area (Å²) in [5.41, 5.74) is 6.38. The first-order valence-corrected chi connectivity index (χ1v) is 6.56. The summed E-state index contributed by atoms with van der Waals surface area (Å²) in [7, 11) is 2.15. The summed E-state index contributed by atoms with van der Waals surface area (Å²) >= 11 is 0. The van der Waals surface area contributed by atoms with Crippen LogP contribution in [0.5, 0.6) is 0 Å². The third-order valence-corrected chi connectivity index (χ3v) is 3.37. The van der Waals surface area contributed by atoms with Gasteiger partial charge in [-0.2, -0.15) is 0 Å². The Hall–Kier alpha value is -1.66. The van der Waals surface area contributed by atoms with Crippen molar-refractivity contribution in [1.29, 1.82) is 0 Å². The van der Waals surface area contributed by atoms with Gasteiger partial charge in [0.2, 0.25) is 0 Å². The molecular formula is C13H21N5O. The maximum absolute atomic E-state index is 11.0. The van der Waals surface area contributed by atoms with Crippen molar-refractivity contribution in [3.05, 3.63) is 24.0 Å². The number of amides is 1. The molecular weight excluding hydrogens is 242 g/mol. The van der Waals surface area contributed by atoms with Gasteiger partial charge >= 0.3 is 0 Å². The molecule has 0 aromatic carbocycles. The summed E-state index contributed by atoms with van der Waals surface area (Å²) < 4.78 is 0. The molecule has 1 saturated heterocycles. The van der Waals surface area contributed by atoms with Gasteiger partial charge in [-0.15, -0.1) is 0 Å². The van der Waals surface area contributed by atoms with Crippen molar-refractivity contribution in [2.45, 2.75) is 0 Å². The minimum absolute atomic E-state index is 0.296. The Balaban J connectivity index is 1.76. The molecule has 0 radical (unpaired) electrons. The van der Waals surface area contributed by atoms with Gasteiger partial charge in [0.05, 0.1) is 0 Å². The first kappa shape index (κ1) is 13.8. The number of primary amides is 1. The molecule has 1 amide bonds. The van der Waals surface area contributed by atoms with Crippen LogP contribution < -0.4 is 11.1 Å². The maximum Gasteiger partial charge on any atom is 0.267 e. The van der Waals surface area contributed by atoms with Crippen LogP contribution in [0.4, 0.5) is 5.69 Å². The lowest BCUT2D eigenvalue weighted by molar-refractivity contribution is 0.0995. The molecule has 0 spiro atoms. The summed E-state index contributed by atoms with van der Waals surface area (Å²) in [4.78, 5) is 19.7. The van der Waals surface area contributed by atoms with Gasteiger partial charge in [0.25, 0.3) is 5.91 Å². The number of hydrogen-bond donors (Lipinski definition) is 2. The molecule has 3 N–H and O–H groups in total. The van der Waals surface area contributed by atoms with E-state index in [1.54, 1.807) is 12.3 Å². The normalized spacial score (nSPS) is 17.3. The fourth-order valence-electron chi connectivity index (χ4n) is 2.11. The third kappa shape index (κ3) is 4.18. The number of anilines is 1. The Morgan fingerprint density at radius 1 is 1.42 bits per heavy atom. The summed E-state index contributed by atoms with van der Waals surface area (Å²) in [6.07, 6.45) is 1.60. The monoisotopic (exact) mass is 263 g/mol. The molecule has 6 heteroatoms. The number of carbonyl (C=O) groups is 1. The van der Waals surface area contributed by atoms with E-state index in [2.05, 4.69) is 27.1 Å². The average Bonchev–Trinajstić information content (AvgIpc) is 2.41. The zero-order valence-corrected chi connectivity index (χ0v) is 11.3. The van der Waals surface area contributed by atoms with Crippen LogP contribution in [0.3, 0.4) is 0 Å². The van der Waals surface area contributed by atoms with E-state index in [-0.39, 0.29) is 0 Å². The Bertz CT molecular complexity index is 429. The quantitative estimate of drug-likeness (QED) is 0.772. The minimum Gasteiger partial charge on any atom is -0.384 e. The highest BCUT2D eigenvalue weighted by Crippen LogP contribution is 2.07. The SMILES string of the molecule is CN1CCN(CCNc2ccnc(C(N)=O)c2)CC1. The lowest BCUT2D eigenvalue weighted by atomic mass is 10.3. The summed E-state index contributed by atoms with van der Waals surface area (Å²) in [5.74, 6) is -0.497. The number of hydrogen-bond acceptors (Lipinski definition) is 5. The van der Waals surface area contributed by atoms with Gasteiger partial charge in [0.1, 0.15) is 5.69 Å². The van der Waals surface area contributed by atoms with Crippen molar-refractivity contribution in [3.63, 3.8) is 0 Å². The zero-order valence-electron chi connectivity index (χ0n) is 11.3. The molecule has 0 aliphatic carbocycles. The lowest BCUT2D eigenvalue weighted by Crippen LogP contribution is -2.45. The first-order chi connectivity index (χ1) is 9.15. The molecule has 0 saturated carbocycles. The number of nitrogens with zero attached hydrogens (tertiary/aromatic N) is 3. The largest absolute Gasteiger partial charge is 0.384 e. The summed E-state index contributed by atoms with van der Waals surface area (Å²) in [6, 6.07) is 3.53. The van der Waals surface area contributed by atoms with Crippen LogP contribution in [0, 0.1) is 0 Å². The van der Waals surface area contributed by atoms with E-state index < -0.39 is 5.91 Å². The van der Waals surface area contributed by atoms with Crippen molar-refractivity contribution < 1.29 is 4.79 Å². The van der Waals surface area contributed by atoms with E-state index in [9.17, 15) is 4.79 Å². The predicted octanol–water partition coefficient (Wildman–Crippen LogP) is -0.160. The fraction of sp³-hybridized carbons (Fsp3) is 0.538. The highest BCUT2D eigenvalue weighted by Gasteiger charge is 2.12. The van der Waals surface area contributed by atoms with Crippen molar-refractivity contribution in [2.24, 2.45) is 5.73 Å². The van der Waals surface area contributed by atoms with Gasteiger partial charge in [0, 0.05) is 51.2 Å². The van der Waals surface area contributed by atoms with Crippen molar-refractivity contribution in [2.75, 3.05) is 51.6 Å². The van der Waals surface area contributed by atoms with Crippen LogP contribution in [-0.2, 0) is 0 Å². The smallest absolute Gasteiger partial charge is 0.267 e. The number of nitrogens with two attached hydrogens (primary N) is 1. The van der Waals surface area contributed by atoms with Gasteiger partial charge in [-0.3, -0.25) is 14.7 Å². The van der Waals surface area contributed by atoms with Crippen LogP contribution in [0.15, 0.2) is 18.3 Å². The van der Waals surface area contributed by atoms with Crippen LogP contribution in [-0.4, -0.2) is 67.0 Å².